The van der Waals surface area contributed by atoms with E-state index in [0.29, 0.717) is 18.2 Å². The number of thiazole rings is 1. The Morgan fingerprint density at radius 2 is 2.03 bits per heavy atom. The summed E-state index contributed by atoms with van der Waals surface area (Å²) in [6.45, 7) is 3.85. The summed E-state index contributed by atoms with van der Waals surface area (Å²) in [6.07, 6.45) is 5.58. The number of hydrogen-bond acceptors (Lipinski definition) is 6. The number of pyridine rings is 1. The first kappa shape index (κ1) is 21.5. The minimum atomic E-state index is 0.0107. The second-order valence-corrected chi connectivity index (χ2v) is 9.01. The van der Waals surface area contributed by atoms with Gasteiger partial charge >= 0.3 is 0 Å². The number of hydrogen-bond donors (Lipinski definition) is 0. The van der Waals surface area contributed by atoms with Crippen LogP contribution >= 0.6 is 11.3 Å². The molecule has 1 atom stereocenters. The van der Waals surface area contributed by atoms with Crippen LogP contribution in [0, 0.1) is 5.92 Å². The van der Waals surface area contributed by atoms with Crippen LogP contribution in [-0.4, -0.2) is 52.4 Å². The van der Waals surface area contributed by atoms with E-state index in [4.69, 9.17) is 4.74 Å². The smallest absolute Gasteiger partial charge is 0.272 e. The maximum Gasteiger partial charge on any atom is 0.272 e. The molecule has 1 aliphatic rings. The summed E-state index contributed by atoms with van der Waals surface area (Å²) in [5, 5.41) is 3.14. The van der Waals surface area contributed by atoms with Gasteiger partial charge in [-0.15, -0.1) is 11.3 Å². The van der Waals surface area contributed by atoms with Crippen molar-refractivity contribution in [1.29, 1.82) is 0 Å². The molecule has 1 amide bonds. The van der Waals surface area contributed by atoms with E-state index in [1.54, 1.807) is 23.6 Å². The van der Waals surface area contributed by atoms with Crippen molar-refractivity contribution in [2.75, 3.05) is 26.7 Å². The fourth-order valence-electron chi connectivity index (χ4n) is 3.87. The summed E-state index contributed by atoms with van der Waals surface area (Å²) < 4.78 is 6.05. The number of carbonyl (C=O) groups excluding carboxylic acids is 1. The standard InChI is InChI=1S/C24H28N4O2S/c1-27(17-23-26-12-14-31-23)15-19-7-9-21(10-8-19)30-18-20-5-4-13-28(16-20)24(29)22-6-2-3-11-25-22/h2-3,6-12,14,20H,4-5,13,15-18H2,1H3/t20-/m1/s1. The van der Waals surface area contributed by atoms with Gasteiger partial charge in [0, 0.05) is 43.3 Å². The quantitative estimate of drug-likeness (QED) is 0.532. The van der Waals surface area contributed by atoms with E-state index in [0.717, 1.165) is 49.8 Å². The molecule has 0 N–H and O–H groups in total. The van der Waals surface area contributed by atoms with Crippen molar-refractivity contribution in [2.45, 2.75) is 25.9 Å². The number of ether oxygens (including phenoxy) is 1. The molecule has 1 fully saturated rings. The largest absolute Gasteiger partial charge is 0.493 e. The summed E-state index contributed by atoms with van der Waals surface area (Å²) in [6, 6.07) is 13.8. The lowest BCUT2D eigenvalue weighted by atomic mass is 9.98. The van der Waals surface area contributed by atoms with E-state index in [9.17, 15) is 4.79 Å². The number of piperidine rings is 1. The number of amides is 1. The minimum absolute atomic E-state index is 0.0107. The van der Waals surface area contributed by atoms with Gasteiger partial charge in [0.1, 0.15) is 16.5 Å². The zero-order valence-corrected chi connectivity index (χ0v) is 18.6. The first-order valence-corrected chi connectivity index (χ1v) is 11.5. The normalized spacial score (nSPS) is 16.5. The second kappa shape index (κ2) is 10.5. The average molecular weight is 437 g/mol. The van der Waals surface area contributed by atoms with Crippen LogP contribution in [0.25, 0.3) is 0 Å². The zero-order valence-electron chi connectivity index (χ0n) is 17.8. The van der Waals surface area contributed by atoms with Crippen LogP contribution in [0.15, 0.2) is 60.2 Å². The topological polar surface area (TPSA) is 58.6 Å². The van der Waals surface area contributed by atoms with E-state index in [1.807, 2.05) is 40.7 Å². The molecule has 3 aromatic rings. The summed E-state index contributed by atoms with van der Waals surface area (Å²) >= 11 is 1.68. The van der Waals surface area contributed by atoms with Crippen LogP contribution in [0.2, 0.25) is 0 Å². The zero-order chi connectivity index (χ0) is 21.5. The van der Waals surface area contributed by atoms with Crippen molar-refractivity contribution >= 4 is 17.2 Å². The predicted octanol–water partition coefficient (Wildman–Crippen LogP) is 4.10. The maximum atomic E-state index is 12.7. The van der Waals surface area contributed by atoms with Crippen molar-refractivity contribution in [3.63, 3.8) is 0 Å². The molecule has 2 aromatic heterocycles. The van der Waals surface area contributed by atoms with Gasteiger partial charge in [0.2, 0.25) is 0 Å². The highest BCUT2D eigenvalue weighted by Crippen LogP contribution is 2.21. The Balaban J connectivity index is 1.24. The molecule has 162 valence electrons. The van der Waals surface area contributed by atoms with Gasteiger partial charge < -0.3 is 9.64 Å². The van der Waals surface area contributed by atoms with Crippen LogP contribution in [0.5, 0.6) is 5.75 Å². The van der Waals surface area contributed by atoms with Gasteiger partial charge in [-0.2, -0.15) is 0 Å². The second-order valence-electron chi connectivity index (χ2n) is 8.03. The van der Waals surface area contributed by atoms with Crippen LogP contribution in [0.1, 0.15) is 33.9 Å². The molecule has 0 unspecified atom stereocenters. The van der Waals surface area contributed by atoms with Gasteiger partial charge in [-0.3, -0.25) is 14.7 Å². The molecular formula is C24H28N4O2S. The van der Waals surface area contributed by atoms with E-state index in [2.05, 4.69) is 34.0 Å². The fourth-order valence-corrected chi connectivity index (χ4v) is 4.57. The predicted molar refractivity (Wildman–Crippen MR) is 122 cm³/mol. The Hall–Kier alpha value is -2.77. The Morgan fingerprint density at radius 3 is 2.77 bits per heavy atom. The lowest BCUT2D eigenvalue weighted by Crippen LogP contribution is -2.41. The summed E-state index contributed by atoms with van der Waals surface area (Å²) in [4.78, 5) is 25.4. The molecule has 0 spiro atoms. The maximum absolute atomic E-state index is 12.7. The summed E-state index contributed by atoms with van der Waals surface area (Å²) in [5.74, 6) is 1.22. The molecule has 0 aliphatic carbocycles. The van der Waals surface area contributed by atoms with Gasteiger partial charge in [-0.25, -0.2) is 4.98 Å². The summed E-state index contributed by atoms with van der Waals surface area (Å²) in [7, 11) is 2.10. The van der Waals surface area contributed by atoms with Crippen LogP contribution in [-0.2, 0) is 13.1 Å². The molecule has 0 bridgehead atoms. The lowest BCUT2D eigenvalue weighted by molar-refractivity contribution is 0.0627. The Bertz CT molecular complexity index is 947. The molecule has 1 aliphatic heterocycles. The number of rotatable bonds is 8. The number of carbonyl (C=O) groups is 1. The molecule has 3 heterocycles. The highest BCUT2D eigenvalue weighted by molar-refractivity contribution is 7.09. The van der Waals surface area contributed by atoms with Crippen LogP contribution in [0.3, 0.4) is 0 Å². The lowest BCUT2D eigenvalue weighted by Gasteiger charge is -2.32. The number of likely N-dealkylation sites (tertiary alicyclic amines) is 1. The van der Waals surface area contributed by atoms with Crippen molar-refractivity contribution in [3.05, 3.63) is 76.5 Å². The first-order valence-electron chi connectivity index (χ1n) is 10.7. The van der Waals surface area contributed by atoms with Gasteiger partial charge in [0.15, 0.2) is 0 Å². The van der Waals surface area contributed by atoms with E-state index in [-0.39, 0.29) is 5.91 Å². The number of aromatic nitrogens is 2. The third-order valence-electron chi connectivity index (χ3n) is 5.44. The van der Waals surface area contributed by atoms with Crippen molar-refractivity contribution < 1.29 is 9.53 Å². The molecule has 7 heteroatoms. The third-order valence-corrected chi connectivity index (χ3v) is 6.20. The van der Waals surface area contributed by atoms with E-state index >= 15 is 0 Å². The van der Waals surface area contributed by atoms with E-state index in [1.165, 1.54) is 5.56 Å². The molecule has 0 radical (unpaired) electrons. The molecule has 31 heavy (non-hydrogen) atoms. The SMILES string of the molecule is CN(Cc1ccc(OC[C@@H]2CCCN(C(=O)c3ccccn3)C2)cc1)Cc1nccs1. The number of nitrogens with zero attached hydrogens (tertiary/aromatic N) is 4. The first-order chi connectivity index (χ1) is 15.2. The molecule has 6 nitrogen and oxygen atoms in total. The minimum Gasteiger partial charge on any atom is -0.493 e. The highest BCUT2D eigenvalue weighted by Gasteiger charge is 2.25. The monoisotopic (exact) mass is 436 g/mol. The van der Waals surface area contributed by atoms with Crippen LogP contribution in [0.4, 0.5) is 0 Å². The molecule has 0 saturated carbocycles. The molecular weight excluding hydrogens is 408 g/mol. The van der Waals surface area contributed by atoms with Gasteiger partial charge in [-0.05, 0) is 49.7 Å². The van der Waals surface area contributed by atoms with Gasteiger partial charge in [-0.1, -0.05) is 18.2 Å². The van der Waals surface area contributed by atoms with Gasteiger partial charge in [0.25, 0.3) is 5.91 Å². The fraction of sp³-hybridized carbons (Fsp3) is 0.375. The Labute approximate surface area is 187 Å². The Morgan fingerprint density at radius 1 is 1.16 bits per heavy atom. The highest BCUT2D eigenvalue weighted by atomic mass is 32.1. The average Bonchev–Trinajstić information content (AvgIpc) is 3.32. The third kappa shape index (κ3) is 6.12. The number of benzene rings is 1. The Kier molecular flexibility index (Phi) is 7.27. The van der Waals surface area contributed by atoms with Crippen molar-refractivity contribution in [3.8, 4) is 5.75 Å². The molecule has 4 rings (SSSR count). The van der Waals surface area contributed by atoms with Crippen LogP contribution < -0.4 is 4.74 Å². The molecule has 1 saturated heterocycles. The van der Waals surface area contributed by atoms with E-state index < -0.39 is 0 Å². The molecule has 1 aromatic carbocycles. The summed E-state index contributed by atoms with van der Waals surface area (Å²) in [5.41, 5.74) is 1.76. The van der Waals surface area contributed by atoms with Crippen molar-refractivity contribution in [2.24, 2.45) is 5.92 Å². The van der Waals surface area contributed by atoms with Crippen molar-refractivity contribution in [1.82, 2.24) is 19.8 Å². The van der Waals surface area contributed by atoms with Gasteiger partial charge in [0.05, 0.1) is 13.2 Å².